The summed E-state index contributed by atoms with van der Waals surface area (Å²) in [6, 6.07) is 3.93. The van der Waals surface area contributed by atoms with Gasteiger partial charge in [0.05, 0.1) is 5.92 Å². The van der Waals surface area contributed by atoms with Gasteiger partial charge in [0.25, 0.3) is 0 Å². The molecule has 0 bridgehead atoms. The predicted molar refractivity (Wildman–Crippen MR) is 76.5 cm³/mol. The fourth-order valence-electron chi connectivity index (χ4n) is 1.72. The van der Waals surface area contributed by atoms with Crippen LogP contribution in [-0.4, -0.2) is 54.7 Å². The lowest BCUT2D eigenvalue weighted by atomic mass is 10.1. The number of hydrogen-bond donors (Lipinski definition) is 1. The van der Waals surface area contributed by atoms with E-state index in [0.29, 0.717) is 6.54 Å². The first kappa shape index (κ1) is 15.4. The van der Waals surface area contributed by atoms with Gasteiger partial charge in [-0.3, -0.25) is 4.79 Å². The van der Waals surface area contributed by atoms with Crippen LogP contribution in [0.15, 0.2) is 18.3 Å². The second kappa shape index (κ2) is 7.09. The molecule has 1 unspecified atom stereocenters. The Morgan fingerprint density at radius 3 is 2.63 bits per heavy atom. The molecule has 0 aliphatic heterocycles. The quantitative estimate of drug-likeness (QED) is 0.809. The van der Waals surface area contributed by atoms with Crippen molar-refractivity contribution in [3.8, 4) is 0 Å². The number of likely N-dealkylation sites (N-methyl/N-ethyl adjacent to an activating group) is 1. The summed E-state index contributed by atoms with van der Waals surface area (Å²) in [5, 5.41) is 9.05. The van der Waals surface area contributed by atoms with Crippen LogP contribution in [0.4, 0.5) is 5.82 Å². The van der Waals surface area contributed by atoms with Crippen molar-refractivity contribution >= 4 is 11.8 Å². The van der Waals surface area contributed by atoms with Gasteiger partial charge in [-0.05, 0) is 38.7 Å². The van der Waals surface area contributed by atoms with Gasteiger partial charge in [0.1, 0.15) is 5.82 Å². The van der Waals surface area contributed by atoms with Crippen molar-refractivity contribution in [2.45, 2.75) is 13.8 Å². The first-order valence-corrected chi connectivity index (χ1v) is 6.45. The minimum Gasteiger partial charge on any atom is -0.481 e. The average molecular weight is 265 g/mol. The van der Waals surface area contributed by atoms with Gasteiger partial charge in [-0.25, -0.2) is 4.98 Å². The van der Waals surface area contributed by atoms with E-state index in [4.69, 9.17) is 5.11 Å². The summed E-state index contributed by atoms with van der Waals surface area (Å²) in [5.74, 6) is -0.345. The lowest BCUT2D eigenvalue weighted by molar-refractivity contribution is -0.140. The van der Waals surface area contributed by atoms with E-state index in [2.05, 4.69) is 9.88 Å². The molecule has 0 amide bonds. The molecule has 0 aromatic carbocycles. The number of anilines is 1. The van der Waals surface area contributed by atoms with Gasteiger partial charge < -0.3 is 14.9 Å². The summed E-state index contributed by atoms with van der Waals surface area (Å²) >= 11 is 0. The highest BCUT2D eigenvalue weighted by Crippen LogP contribution is 2.14. The van der Waals surface area contributed by atoms with Crippen LogP contribution >= 0.6 is 0 Å². The van der Waals surface area contributed by atoms with Gasteiger partial charge in [0.2, 0.25) is 0 Å². The maximum Gasteiger partial charge on any atom is 0.308 e. The van der Waals surface area contributed by atoms with Gasteiger partial charge >= 0.3 is 5.97 Å². The zero-order valence-electron chi connectivity index (χ0n) is 12.1. The Hall–Kier alpha value is -1.62. The van der Waals surface area contributed by atoms with Crippen LogP contribution in [0.5, 0.6) is 0 Å². The third-order valence-corrected chi connectivity index (χ3v) is 2.96. The second-order valence-electron chi connectivity index (χ2n) is 5.18. The Kier molecular flexibility index (Phi) is 5.76. The van der Waals surface area contributed by atoms with Crippen molar-refractivity contribution in [1.82, 2.24) is 9.88 Å². The number of carboxylic acids is 1. The van der Waals surface area contributed by atoms with E-state index in [-0.39, 0.29) is 0 Å². The number of rotatable bonds is 7. The van der Waals surface area contributed by atoms with Crippen molar-refractivity contribution in [1.29, 1.82) is 0 Å². The summed E-state index contributed by atoms with van der Waals surface area (Å²) in [6.07, 6.45) is 1.76. The number of carbonyl (C=O) groups is 1. The molecule has 1 aromatic heterocycles. The molecule has 0 aliphatic rings. The van der Waals surface area contributed by atoms with Crippen molar-refractivity contribution < 1.29 is 9.90 Å². The number of aliphatic carboxylic acids is 1. The molecule has 0 saturated carbocycles. The summed E-state index contributed by atoms with van der Waals surface area (Å²) in [7, 11) is 4.00. The minimum absolute atomic E-state index is 0.413. The third-order valence-electron chi connectivity index (χ3n) is 2.96. The maximum absolute atomic E-state index is 11.0. The van der Waals surface area contributed by atoms with Crippen LogP contribution in [0.1, 0.15) is 12.5 Å². The Bertz CT molecular complexity index is 421. The Morgan fingerprint density at radius 2 is 2.11 bits per heavy atom. The van der Waals surface area contributed by atoms with E-state index in [1.54, 1.807) is 13.1 Å². The van der Waals surface area contributed by atoms with Crippen LogP contribution in [0.2, 0.25) is 0 Å². The lowest BCUT2D eigenvalue weighted by Crippen LogP contribution is -2.37. The van der Waals surface area contributed by atoms with E-state index < -0.39 is 11.9 Å². The van der Waals surface area contributed by atoms with E-state index >= 15 is 0 Å². The summed E-state index contributed by atoms with van der Waals surface area (Å²) < 4.78 is 0. The van der Waals surface area contributed by atoms with Crippen LogP contribution in [0.25, 0.3) is 0 Å². The van der Waals surface area contributed by atoms with E-state index in [1.807, 2.05) is 38.1 Å². The molecule has 0 aliphatic carbocycles. The maximum atomic E-state index is 11.0. The smallest absolute Gasteiger partial charge is 0.308 e. The fraction of sp³-hybridized carbons (Fsp3) is 0.571. The zero-order chi connectivity index (χ0) is 14.4. The molecule has 106 valence electrons. The Morgan fingerprint density at radius 1 is 1.42 bits per heavy atom. The molecular weight excluding hydrogens is 242 g/mol. The normalized spacial score (nSPS) is 12.5. The monoisotopic (exact) mass is 265 g/mol. The second-order valence-corrected chi connectivity index (χ2v) is 5.18. The molecule has 5 nitrogen and oxygen atoms in total. The van der Waals surface area contributed by atoms with E-state index in [0.717, 1.165) is 24.5 Å². The molecule has 1 heterocycles. The molecule has 0 fully saturated rings. The number of carboxylic acid groups (broad SMARTS) is 1. The first-order valence-electron chi connectivity index (χ1n) is 6.45. The van der Waals surface area contributed by atoms with Crippen LogP contribution in [0.3, 0.4) is 0 Å². The standard InChI is InChI=1S/C14H23N3O2/c1-11-5-6-15-13(9-11)17(8-7-16(3)4)10-12(2)14(18)19/h5-6,9,12H,7-8,10H2,1-4H3,(H,18,19). The molecule has 1 N–H and O–H groups in total. The Balaban J connectivity index is 2.82. The molecule has 1 aromatic rings. The van der Waals surface area contributed by atoms with Crippen molar-refractivity contribution in [2.75, 3.05) is 38.6 Å². The topological polar surface area (TPSA) is 56.7 Å². The molecule has 19 heavy (non-hydrogen) atoms. The molecule has 0 spiro atoms. The summed E-state index contributed by atoms with van der Waals surface area (Å²) in [5.41, 5.74) is 1.13. The van der Waals surface area contributed by atoms with Crippen LogP contribution in [-0.2, 0) is 4.79 Å². The van der Waals surface area contributed by atoms with Gasteiger partial charge in [-0.15, -0.1) is 0 Å². The van der Waals surface area contributed by atoms with Crippen LogP contribution < -0.4 is 4.90 Å². The average Bonchev–Trinajstić information content (AvgIpc) is 2.33. The van der Waals surface area contributed by atoms with Crippen molar-refractivity contribution in [3.63, 3.8) is 0 Å². The van der Waals surface area contributed by atoms with Gasteiger partial charge in [0.15, 0.2) is 0 Å². The van der Waals surface area contributed by atoms with Gasteiger partial charge in [-0.1, -0.05) is 6.92 Å². The first-order chi connectivity index (χ1) is 8.90. The highest BCUT2D eigenvalue weighted by Gasteiger charge is 2.17. The number of pyridine rings is 1. The van der Waals surface area contributed by atoms with Crippen LogP contribution in [0, 0.1) is 12.8 Å². The Labute approximate surface area is 114 Å². The van der Waals surface area contributed by atoms with Crippen molar-refractivity contribution in [2.24, 2.45) is 5.92 Å². The number of nitrogens with zero attached hydrogens (tertiary/aromatic N) is 3. The van der Waals surface area contributed by atoms with Gasteiger partial charge in [0, 0.05) is 25.8 Å². The van der Waals surface area contributed by atoms with E-state index in [1.165, 1.54) is 0 Å². The minimum atomic E-state index is -0.775. The highest BCUT2D eigenvalue weighted by molar-refractivity contribution is 5.70. The SMILES string of the molecule is Cc1ccnc(N(CCN(C)C)CC(C)C(=O)O)c1. The summed E-state index contributed by atoms with van der Waals surface area (Å²) in [6.45, 7) is 5.83. The summed E-state index contributed by atoms with van der Waals surface area (Å²) in [4.78, 5) is 19.5. The predicted octanol–water partition coefficient (Wildman–Crippen LogP) is 1.48. The number of aryl methyl sites for hydroxylation is 1. The number of hydrogen-bond acceptors (Lipinski definition) is 4. The molecule has 1 rings (SSSR count). The highest BCUT2D eigenvalue weighted by atomic mass is 16.4. The molecule has 0 radical (unpaired) electrons. The molecular formula is C14H23N3O2. The van der Waals surface area contributed by atoms with Gasteiger partial charge in [-0.2, -0.15) is 0 Å². The number of aromatic nitrogens is 1. The molecule has 0 saturated heterocycles. The lowest BCUT2D eigenvalue weighted by Gasteiger charge is -2.27. The largest absolute Gasteiger partial charge is 0.481 e. The van der Waals surface area contributed by atoms with E-state index in [9.17, 15) is 4.79 Å². The zero-order valence-corrected chi connectivity index (χ0v) is 12.1. The van der Waals surface area contributed by atoms with Crippen molar-refractivity contribution in [3.05, 3.63) is 23.9 Å². The fourth-order valence-corrected chi connectivity index (χ4v) is 1.72. The molecule has 5 heteroatoms. The molecule has 1 atom stereocenters. The third kappa shape index (κ3) is 5.26.